The molecule has 0 bridgehead atoms. The van der Waals surface area contributed by atoms with Crippen molar-refractivity contribution in [2.75, 3.05) is 13.1 Å². The highest BCUT2D eigenvalue weighted by atomic mass is 16.4. The van der Waals surface area contributed by atoms with Crippen molar-refractivity contribution in [1.29, 1.82) is 0 Å². The summed E-state index contributed by atoms with van der Waals surface area (Å²) in [7, 11) is 0. The van der Waals surface area contributed by atoms with E-state index in [1.165, 1.54) is 45.0 Å². The van der Waals surface area contributed by atoms with Crippen molar-refractivity contribution in [2.24, 2.45) is 51.2 Å². The summed E-state index contributed by atoms with van der Waals surface area (Å²) in [5.41, 5.74) is 33.0. The maximum atomic E-state index is 14.4. The summed E-state index contributed by atoms with van der Waals surface area (Å²) in [5.74, 6) is -20.3. The van der Waals surface area contributed by atoms with Crippen LogP contribution in [0.3, 0.4) is 0 Å². The Bertz CT molecular complexity index is 3160. The molecule has 14 amide bonds. The molecule has 0 spiro atoms. The number of carbonyl (C=O) groups excluding carboxylic acids is 14. The van der Waals surface area contributed by atoms with E-state index in [9.17, 15) is 107 Å². The number of aromatic hydroxyl groups is 1. The van der Waals surface area contributed by atoms with E-state index < -0.39 is 242 Å². The highest BCUT2D eigenvalue weighted by Gasteiger charge is 2.42. The molecule has 2 rings (SSSR count). The molecule has 1 aliphatic heterocycles. The third-order valence-electron chi connectivity index (χ3n) is 15.9. The summed E-state index contributed by atoms with van der Waals surface area (Å²) in [6.07, 6.45) is -9.76. The first-order chi connectivity index (χ1) is 47.5. The maximum Gasteiger partial charge on any atom is 0.326 e. The minimum absolute atomic E-state index is 0.00504. The van der Waals surface area contributed by atoms with E-state index in [1.807, 2.05) is 0 Å². The number of aliphatic imine (C=N–C) groups is 1. The molecule has 0 aliphatic carbocycles. The predicted octanol–water partition coefficient (Wildman–Crippen LogP) is -8.65. The number of nitrogens with zero attached hydrogens (tertiary/aromatic N) is 2. The number of aliphatic hydroxyl groups is 3. The highest BCUT2D eigenvalue weighted by Crippen LogP contribution is 2.21. The van der Waals surface area contributed by atoms with Gasteiger partial charge >= 0.3 is 11.9 Å². The lowest BCUT2D eigenvalue weighted by molar-refractivity contribution is -0.143. The van der Waals surface area contributed by atoms with Crippen LogP contribution in [0.25, 0.3) is 0 Å². The molecule has 28 N–H and O–H groups in total. The number of carboxylic acids is 2. The van der Waals surface area contributed by atoms with E-state index in [0.29, 0.717) is 12.0 Å². The fourth-order valence-electron chi connectivity index (χ4n) is 10.3. The van der Waals surface area contributed by atoms with Crippen LogP contribution in [0.5, 0.6) is 5.75 Å². The summed E-state index contributed by atoms with van der Waals surface area (Å²) in [6, 6.07) is -15.1. The molecule has 40 nitrogen and oxygen atoms in total. The number of rotatable bonds is 45. The maximum absolute atomic E-state index is 14.4. The van der Waals surface area contributed by atoms with Crippen LogP contribution in [0.15, 0.2) is 29.3 Å². The first kappa shape index (κ1) is 87.7. The van der Waals surface area contributed by atoms with Gasteiger partial charge in [-0.2, -0.15) is 0 Å². The number of primary amides is 3. The number of carbonyl (C=O) groups is 16. The van der Waals surface area contributed by atoms with Gasteiger partial charge in [0.15, 0.2) is 5.96 Å². The number of aliphatic hydroxyl groups excluding tert-OH is 3. The second-order valence-electron chi connectivity index (χ2n) is 25.5. The standard InChI is InChI=1S/C62H100N18O22/c1-27(2)24-38(53(93)74-39(25-32-12-14-33(84)15-13-32)54(94)70-34(16-19-42(63)85)50(90)73-37(61(101)102)10-8-22-69-62(67)68)75-58(98)48(30(6)82)79-59(99)49(31(7)83)78-52(92)35(17-20-43(64)86)71-55(95)40(26-44(65)87)76-57(97)47(28(3)4)77-51(91)36(18-21-45(88)89)72-56(96)41-11-9-23-80(41)60(100)46(66)29(5)81/h12-15,27-31,34-41,46-49,81-84H,8-11,16-26,66H2,1-7H3,(H2,63,85)(H2,64,86)(H2,65,87)(H,70,94)(H,71,95)(H,72,96)(H,73,90)(H,74,93)(H,75,98)(H,76,97)(H,77,91)(H,78,92)(H,79,99)(H,88,89)(H,101,102)(H4,67,68,69)/t29-,30-,31-,34+,35+,36+,37+,38+,39+,40+,41+,46+,47+,48+,49+/m1/s1. The molecule has 15 atom stereocenters. The number of guanidine groups is 1. The predicted molar refractivity (Wildman–Crippen MR) is 358 cm³/mol. The van der Waals surface area contributed by atoms with E-state index in [4.69, 9.17) is 34.4 Å². The van der Waals surface area contributed by atoms with Gasteiger partial charge in [-0.1, -0.05) is 39.8 Å². The fraction of sp³-hybridized carbons (Fsp3) is 0.629. The van der Waals surface area contributed by atoms with E-state index in [0.717, 1.165) is 18.7 Å². The second-order valence-corrected chi connectivity index (χ2v) is 25.5. The van der Waals surface area contributed by atoms with Crippen LogP contribution in [-0.4, -0.2) is 240 Å². The van der Waals surface area contributed by atoms with E-state index in [1.54, 1.807) is 13.8 Å². The number of carboxylic acid groups (broad SMARTS) is 2. The molecule has 0 aromatic heterocycles. The minimum Gasteiger partial charge on any atom is -0.508 e. The number of hydrogen-bond donors (Lipinski definition) is 22. The molecule has 1 fully saturated rings. The molecule has 1 aromatic carbocycles. The van der Waals surface area contributed by atoms with E-state index in [2.05, 4.69) is 58.2 Å². The Hall–Kier alpha value is -10.3. The van der Waals surface area contributed by atoms with Crippen molar-refractivity contribution in [2.45, 2.75) is 223 Å². The van der Waals surface area contributed by atoms with Gasteiger partial charge in [-0.3, -0.25) is 76.9 Å². The topological polar surface area (TPSA) is 687 Å². The number of phenolic OH excluding ortho intramolecular Hbond substituents is 1. The number of nitrogens with two attached hydrogens (primary N) is 6. The molecule has 570 valence electrons. The van der Waals surface area contributed by atoms with Gasteiger partial charge in [-0.15, -0.1) is 0 Å². The Kier molecular flexibility index (Phi) is 36.7. The van der Waals surface area contributed by atoms with Gasteiger partial charge < -0.3 is 123 Å². The van der Waals surface area contributed by atoms with Crippen molar-refractivity contribution in [3.05, 3.63) is 29.8 Å². The van der Waals surface area contributed by atoms with Gasteiger partial charge in [0.2, 0.25) is 82.7 Å². The third-order valence-corrected chi connectivity index (χ3v) is 15.9. The number of aliphatic carboxylic acids is 2. The van der Waals surface area contributed by atoms with Gasteiger partial charge in [-0.05, 0) is 102 Å². The molecule has 0 saturated carbocycles. The molecular formula is C62H100N18O22. The third kappa shape index (κ3) is 30.6. The van der Waals surface area contributed by atoms with Crippen LogP contribution < -0.4 is 87.6 Å². The summed E-state index contributed by atoms with van der Waals surface area (Å²) >= 11 is 0. The van der Waals surface area contributed by atoms with Crippen LogP contribution >= 0.6 is 0 Å². The molecule has 1 aromatic rings. The zero-order chi connectivity index (χ0) is 77.6. The number of likely N-dealkylation sites (tertiary alicyclic amines) is 1. The monoisotopic (exact) mass is 1450 g/mol. The average molecular weight is 1450 g/mol. The molecule has 40 heteroatoms. The molecule has 1 heterocycles. The zero-order valence-corrected chi connectivity index (χ0v) is 57.8. The van der Waals surface area contributed by atoms with Gasteiger partial charge in [0, 0.05) is 38.8 Å². The van der Waals surface area contributed by atoms with Crippen molar-refractivity contribution in [3.8, 4) is 5.75 Å². The highest BCUT2D eigenvalue weighted by molar-refractivity contribution is 6.01. The van der Waals surface area contributed by atoms with Crippen LogP contribution in [0.1, 0.15) is 131 Å². The summed E-state index contributed by atoms with van der Waals surface area (Å²) < 4.78 is 0. The molecule has 1 aliphatic rings. The summed E-state index contributed by atoms with van der Waals surface area (Å²) in [6.45, 7) is 9.49. The van der Waals surface area contributed by atoms with Gasteiger partial charge in [-0.25, -0.2) is 4.79 Å². The van der Waals surface area contributed by atoms with Crippen LogP contribution in [-0.2, 0) is 83.1 Å². The number of phenols is 1. The van der Waals surface area contributed by atoms with Crippen LogP contribution in [0, 0.1) is 11.8 Å². The number of hydrogen-bond acceptors (Lipinski definition) is 22. The Morgan fingerprint density at radius 3 is 1.39 bits per heavy atom. The lowest BCUT2D eigenvalue weighted by atomic mass is 9.99. The normalized spacial score (nSPS) is 16.8. The molecular weight excluding hydrogens is 1350 g/mol. The smallest absolute Gasteiger partial charge is 0.326 e. The van der Waals surface area contributed by atoms with Crippen molar-refractivity contribution < 1.29 is 107 Å². The van der Waals surface area contributed by atoms with E-state index in [-0.39, 0.29) is 56.9 Å². The lowest BCUT2D eigenvalue weighted by Crippen LogP contribution is -2.63. The Morgan fingerprint density at radius 1 is 0.500 bits per heavy atom. The lowest BCUT2D eigenvalue weighted by Gasteiger charge is -2.30. The number of benzene rings is 1. The Balaban J connectivity index is 2.47. The van der Waals surface area contributed by atoms with Crippen LogP contribution in [0.2, 0.25) is 0 Å². The van der Waals surface area contributed by atoms with Gasteiger partial charge in [0.1, 0.15) is 78.3 Å². The zero-order valence-electron chi connectivity index (χ0n) is 57.8. The molecule has 0 unspecified atom stereocenters. The number of nitrogens with one attached hydrogen (secondary N) is 10. The Labute approximate surface area is 586 Å². The molecule has 0 radical (unpaired) electrons. The van der Waals surface area contributed by atoms with Crippen molar-refractivity contribution in [3.63, 3.8) is 0 Å². The van der Waals surface area contributed by atoms with Gasteiger partial charge in [0.25, 0.3) is 0 Å². The SMILES string of the molecule is CC(C)C[C@H](NC(=O)[C@@H](NC(=O)[C@@H](NC(=O)[C@H](CCC(N)=O)NC(=O)[C@H](CC(N)=O)NC(=O)[C@@H](NC(=O)[C@H](CCC(=O)O)NC(=O)[C@@H]1CCCN1C(=O)[C@@H](N)[C@@H](C)O)C(C)C)[C@@H](C)O)[C@@H](C)O)C(=O)N[C@@H](Cc1ccc(O)cc1)C(=O)N[C@@H](CCC(N)=O)C(=O)N[C@@H](CCCN=C(N)N)C(=O)O. The van der Waals surface area contributed by atoms with Crippen molar-refractivity contribution >= 4 is 101 Å². The van der Waals surface area contributed by atoms with Crippen molar-refractivity contribution in [1.82, 2.24) is 58.1 Å². The summed E-state index contributed by atoms with van der Waals surface area (Å²) in [4.78, 5) is 219. The first-order valence-corrected chi connectivity index (χ1v) is 32.8. The quantitative estimate of drug-likeness (QED) is 0.0164. The number of amides is 14. The Morgan fingerprint density at radius 2 is 0.922 bits per heavy atom. The van der Waals surface area contributed by atoms with E-state index >= 15 is 0 Å². The first-order valence-electron chi connectivity index (χ1n) is 32.8. The summed E-state index contributed by atoms with van der Waals surface area (Å²) in [5, 5.41) is 84.5. The van der Waals surface area contributed by atoms with Gasteiger partial charge in [0.05, 0.1) is 24.7 Å². The van der Waals surface area contributed by atoms with Crippen LogP contribution in [0.4, 0.5) is 0 Å². The second kappa shape index (κ2) is 42.7. The average Bonchev–Trinajstić information content (AvgIpc) is 1.58. The largest absolute Gasteiger partial charge is 0.508 e. The fourth-order valence-corrected chi connectivity index (χ4v) is 10.3. The molecule has 102 heavy (non-hydrogen) atoms. The molecule has 1 saturated heterocycles. The minimum atomic E-state index is -2.10.